The second-order valence-electron chi connectivity index (χ2n) is 9.40. The van der Waals surface area contributed by atoms with Crippen LogP contribution in [0.25, 0.3) is 11.1 Å². The number of carbonyl (C=O) groups excluding carboxylic acids is 3. The molecule has 2 aliphatic heterocycles. The monoisotopic (exact) mass is 566 g/mol. The number of carbonyl (C=O) groups is 3. The molecule has 40 heavy (non-hydrogen) atoms. The zero-order valence-corrected chi connectivity index (χ0v) is 22.1. The largest absolute Gasteiger partial charge is 0.384 e. The number of amidine groups is 1. The van der Waals surface area contributed by atoms with Crippen LogP contribution in [-0.4, -0.2) is 71.6 Å². The minimum absolute atomic E-state index is 0.0550. The number of halogens is 1. The smallest absolute Gasteiger partial charge is 0.251 e. The molecule has 13 heteroatoms. The van der Waals surface area contributed by atoms with Crippen LogP contribution in [0.1, 0.15) is 27.2 Å². The molecule has 4 heterocycles. The fourth-order valence-corrected chi connectivity index (χ4v) is 5.54. The highest BCUT2D eigenvalue weighted by atomic mass is 32.1. The zero-order valence-electron chi connectivity index (χ0n) is 21.3. The van der Waals surface area contributed by atoms with Crippen molar-refractivity contribution in [1.82, 2.24) is 20.5 Å². The molecule has 1 unspecified atom stereocenters. The van der Waals surface area contributed by atoms with Gasteiger partial charge in [-0.2, -0.15) is 0 Å². The highest BCUT2D eigenvalue weighted by molar-refractivity contribution is 7.10. The quantitative estimate of drug-likeness (QED) is 0.238. The van der Waals surface area contributed by atoms with E-state index < -0.39 is 29.5 Å². The standard InChI is InChI=1S/C27H27FN6O5S/c28-21-12-31-6-5-20(21)16-1-3-17(4-2-16)25(36)33-13-23(35)34-15-27(38-7-8-39-27)10-22(34)26(37)32-11-19-9-18(14-40-19)24(29)30/h1-6,9,12,14,22H,7-8,10-11,13,15H2,(H3,29,30)(H,32,37)(H,33,36). The van der Waals surface area contributed by atoms with Crippen LogP contribution >= 0.6 is 11.3 Å². The van der Waals surface area contributed by atoms with Crippen molar-refractivity contribution in [1.29, 1.82) is 5.41 Å². The van der Waals surface area contributed by atoms with E-state index in [0.29, 0.717) is 35.5 Å². The summed E-state index contributed by atoms with van der Waals surface area (Å²) < 4.78 is 25.5. The van der Waals surface area contributed by atoms with Crippen LogP contribution in [-0.2, 0) is 25.6 Å². The highest BCUT2D eigenvalue weighted by Crippen LogP contribution is 2.35. The lowest BCUT2D eigenvalue weighted by Gasteiger charge is -2.24. The first-order valence-corrected chi connectivity index (χ1v) is 13.4. The number of ether oxygens (including phenoxy) is 2. The Morgan fingerprint density at radius 3 is 2.58 bits per heavy atom. The molecule has 11 nitrogen and oxygen atoms in total. The van der Waals surface area contributed by atoms with Gasteiger partial charge in [0.05, 0.1) is 39.0 Å². The molecule has 1 atom stereocenters. The predicted molar refractivity (Wildman–Crippen MR) is 144 cm³/mol. The Hall–Kier alpha value is -4.20. The molecule has 0 saturated carbocycles. The van der Waals surface area contributed by atoms with Crippen LogP contribution in [0.3, 0.4) is 0 Å². The van der Waals surface area contributed by atoms with E-state index in [4.69, 9.17) is 20.6 Å². The van der Waals surface area contributed by atoms with Gasteiger partial charge in [0, 0.05) is 39.6 Å². The minimum atomic E-state index is -1.07. The van der Waals surface area contributed by atoms with Gasteiger partial charge in [-0.05, 0) is 29.8 Å². The third kappa shape index (κ3) is 5.86. The number of aromatic nitrogens is 1. The molecule has 0 bridgehead atoms. The van der Waals surface area contributed by atoms with Gasteiger partial charge in [0.2, 0.25) is 11.8 Å². The first-order valence-electron chi connectivity index (χ1n) is 12.5. The predicted octanol–water partition coefficient (Wildman–Crippen LogP) is 1.62. The van der Waals surface area contributed by atoms with Gasteiger partial charge >= 0.3 is 0 Å². The molecule has 0 aliphatic carbocycles. The molecule has 1 aromatic carbocycles. The van der Waals surface area contributed by atoms with Crippen LogP contribution in [0.4, 0.5) is 4.39 Å². The average Bonchev–Trinajstić information content (AvgIpc) is 3.71. The van der Waals surface area contributed by atoms with E-state index in [-0.39, 0.29) is 37.8 Å². The van der Waals surface area contributed by atoms with E-state index in [1.807, 2.05) is 0 Å². The number of nitrogens with zero attached hydrogens (tertiary/aromatic N) is 2. The lowest BCUT2D eigenvalue weighted by atomic mass is 10.0. The zero-order chi connectivity index (χ0) is 28.3. The van der Waals surface area contributed by atoms with Gasteiger partial charge in [-0.15, -0.1) is 11.3 Å². The van der Waals surface area contributed by atoms with Crippen molar-refractivity contribution >= 4 is 34.9 Å². The molecule has 5 rings (SSSR count). The Balaban J connectivity index is 1.21. The van der Waals surface area contributed by atoms with E-state index in [9.17, 15) is 18.8 Å². The summed E-state index contributed by atoms with van der Waals surface area (Å²) in [5.41, 5.74) is 7.32. The van der Waals surface area contributed by atoms with E-state index in [0.717, 1.165) is 11.1 Å². The van der Waals surface area contributed by atoms with Gasteiger partial charge < -0.3 is 30.7 Å². The highest BCUT2D eigenvalue weighted by Gasteiger charge is 2.52. The van der Waals surface area contributed by atoms with E-state index in [1.54, 1.807) is 41.8 Å². The molecule has 2 fully saturated rings. The Labute approximate surface area is 233 Å². The molecule has 208 valence electrons. The van der Waals surface area contributed by atoms with Gasteiger partial charge in [0.25, 0.3) is 5.91 Å². The number of likely N-dealkylation sites (tertiary alicyclic amines) is 1. The number of nitrogen functional groups attached to an aromatic ring is 1. The average molecular weight is 567 g/mol. The fraction of sp³-hybridized carbons (Fsp3) is 0.296. The van der Waals surface area contributed by atoms with Gasteiger partial charge in [-0.25, -0.2) is 4.39 Å². The SMILES string of the molecule is N=C(N)c1csc(CNC(=O)C2CC3(CN2C(=O)CNC(=O)c2ccc(-c4ccncc4F)cc2)OCCO3)c1. The first kappa shape index (κ1) is 27.4. The third-order valence-electron chi connectivity index (χ3n) is 6.76. The summed E-state index contributed by atoms with van der Waals surface area (Å²) in [6.45, 7) is 0.636. The number of amides is 3. The fourth-order valence-electron chi connectivity index (χ4n) is 4.72. The number of nitrogens with two attached hydrogens (primary N) is 1. The number of nitrogens with one attached hydrogen (secondary N) is 3. The maximum absolute atomic E-state index is 14.0. The van der Waals surface area contributed by atoms with Gasteiger partial charge in [-0.3, -0.25) is 24.8 Å². The molecule has 3 amide bonds. The van der Waals surface area contributed by atoms with Crippen molar-refractivity contribution in [2.45, 2.75) is 24.8 Å². The Bertz CT molecular complexity index is 1440. The van der Waals surface area contributed by atoms with Crippen molar-refractivity contribution in [3.05, 3.63) is 76.0 Å². The maximum atomic E-state index is 14.0. The van der Waals surface area contributed by atoms with Crippen LogP contribution in [0.5, 0.6) is 0 Å². The summed E-state index contributed by atoms with van der Waals surface area (Å²) in [6.07, 6.45) is 2.76. The Morgan fingerprint density at radius 2 is 1.90 bits per heavy atom. The summed E-state index contributed by atoms with van der Waals surface area (Å²) in [6, 6.07) is 8.72. The summed E-state index contributed by atoms with van der Waals surface area (Å²) in [5.74, 6) is -2.93. The second-order valence-corrected chi connectivity index (χ2v) is 10.4. The molecule has 2 aliphatic rings. The van der Waals surface area contributed by atoms with Crippen LogP contribution in [0, 0.1) is 11.2 Å². The van der Waals surface area contributed by atoms with E-state index >= 15 is 0 Å². The summed E-state index contributed by atoms with van der Waals surface area (Å²) in [4.78, 5) is 45.0. The number of pyridine rings is 1. The van der Waals surface area contributed by atoms with Crippen molar-refractivity contribution in [3.63, 3.8) is 0 Å². The third-order valence-corrected chi connectivity index (χ3v) is 7.70. The molecular formula is C27H27FN6O5S. The van der Waals surface area contributed by atoms with Gasteiger partial charge in [0.1, 0.15) is 17.7 Å². The summed E-state index contributed by atoms with van der Waals surface area (Å²) >= 11 is 1.36. The summed E-state index contributed by atoms with van der Waals surface area (Å²) in [7, 11) is 0. The number of thiophene rings is 1. The van der Waals surface area contributed by atoms with Crippen molar-refractivity contribution < 1.29 is 28.2 Å². The Morgan fingerprint density at radius 1 is 1.15 bits per heavy atom. The van der Waals surface area contributed by atoms with E-state index in [1.165, 1.54) is 22.4 Å². The van der Waals surface area contributed by atoms with Gasteiger partial charge in [-0.1, -0.05) is 12.1 Å². The van der Waals surface area contributed by atoms with Gasteiger partial charge in [0.15, 0.2) is 5.79 Å². The number of benzene rings is 1. The lowest BCUT2D eigenvalue weighted by Crippen LogP contribution is -2.49. The number of hydrogen-bond acceptors (Lipinski definition) is 8. The Kier molecular flexibility index (Phi) is 7.87. The van der Waals surface area contributed by atoms with Crippen molar-refractivity contribution in [2.75, 3.05) is 26.3 Å². The van der Waals surface area contributed by atoms with Crippen LogP contribution in [0.15, 0.2) is 54.2 Å². The molecule has 0 radical (unpaired) electrons. The van der Waals surface area contributed by atoms with Crippen LogP contribution in [0.2, 0.25) is 0 Å². The summed E-state index contributed by atoms with van der Waals surface area (Å²) in [5, 5.41) is 14.7. The van der Waals surface area contributed by atoms with Crippen LogP contribution < -0.4 is 16.4 Å². The molecule has 2 aromatic heterocycles. The molecular weight excluding hydrogens is 539 g/mol. The van der Waals surface area contributed by atoms with Crippen molar-refractivity contribution in [3.8, 4) is 11.1 Å². The number of rotatable bonds is 8. The second kappa shape index (κ2) is 11.5. The first-order chi connectivity index (χ1) is 19.2. The molecule has 2 saturated heterocycles. The number of hydrogen-bond donors (Lipinski definition) is 4. The lowest BCUT2D eigenvalue weighted by molar-refractivity contribution is -0.152. The topological polar surface area (TPSA) is 160 Å². The molecule has 5 N–H and O–H groups in total. The minimum Gasteiger partial charge on any atom is -0.384 e. The maximum Gasteiger partial charge on any atom is 0.251 e. The van der Waals surface area contributed by atoms with Crippen molar-refractivity contribution in [2.24, 2.45) is 5.73 Å². The normalized spacial score (nSPS) is 17.6. The van der Waals surface area contributed by atoms with E-state index in [2.05, 4.69) is 15.6 Å². The molecule has 1 spiro atoms. The molecule has 3 aromatic rings.